The van der Waals surface area contributed by atoms with Crippen LogP contribution in [0.15, 0.2) is 48.5 Å². The van der Waals surface area contributed by atoms with Gasteiger partial charge in [0.05, 0.1) is 0 Å². The number of ether oxygens (including phenoxy) is 12. The summed E-state index contributed by atoms with van der Waals surface area (Å²) in [4.78, 5) is 96.8. The topological polar surface area (TPSA) is 247 Å². The fourth-order valence-electron chi connectivity index (χ4n) is 6.33. The molecule has 60 heavy (non-hydrogen) atoms. The maximum atomic E-state index is 12.3. The molecule has 326 valence electrons. The average Bonchev–Trinajstić information content (AvgIpc) is 3.14. The van der Waals surface area contributed by atoms with Crippen molar-refractivity contribution in [1.82, 2.24) is 0 Å². The molecule has 10 atom stereocenters. The van der Waals surface area contributed by atoms with E-state index in [0.29, 0.717) is 11.1 Å². The number of carbonyl (C=O) groups is 8. The summed E-state index contributed by atoms with van der Waals surface area (Å²) in [5.41, 5.74) is 1.07. The van der Waals surface area contributed by atoms with Crippen LogP contribution in [-0.4, -0.2) is 122 Å². The predicted molar refractivity (Wildman–Crippen MR) is 197 cm³/mol. The van der Waals surface area contributed by atoms with E-state index >= 15 is 0 Å². The maximum Gasteiger partial charge on any atom is 0.303 e. The molecule has 0 spiro atoms. The molecule has 20 nitrogen and oxygen atoms in total. The monoisotopic (exact) mass is 846 g/mol. The zero-order valence-corrected chi connectivity index (χ0v) is 34.0. The molecule has 4 rings (SSSR count). The van der Waals surface area contributed by atoms with E-state index in [4.69, 9.17) is 56.8 Å². The minimum Gasteiger partial charge on any atom is -0.463 e. The highest BCUT2D eigenvalue weighted by atomic mass is 16.7. The number of rotatable bonds is 15. The first kappa shape index (κ1) is 46.4. The van der Waals surface area contributed by atoms with E-state index in [1.165, 1.54) is 0 Å². The molecule has 2 aromatic rings. The van der Waals surface area contributed by atoms with Gasteiger partial charge in [-0.2, -0.15) is 0 Å². The van der Waals surface area contributed by atoms with Crippen LogP contribution in [0.5, 0.6) is 11.5 Å². The van der Waals surface area contributed by atoms with Crippen LogP contribution in [0.4, 0.5) is 0 Å². The summed E-state index contributed by atoms with van der Waals surface area (Å²) in [5, 5.41) is 0. The Hall–Kier alpha value is -6.28. The van der Waals surface area contributed by atoms with E-state index in [0.717, 1.165) is 55.4 Å². The fraction of sp³-hybridized carbons (Fsp3) is 0.500. The molecule has 0 bridgehead atoms. The normalized spacial score (nSPS) is 25.9. The molecule has 20 heteroatoms. The summed E-state index contributed by atoms with van der Waals surface area (Å²) < 4.78 is 67.6. The molecule has 0 N–H and O–H groups in total. The van der Waals surface area contributed by atoms with Crippen molar-refractivity contribution in [3.05, 3.63) is 48.5 Å². The Labute approximate surface area is 343 Å². The molecule has 2 saturated heterocycles. The van der Waals surface area contributed by atoms with Gasteiger partial charge >= 0.3 is 47.8 Å². The van der Waals surface area contributed by atoms with Crippen molar-refractivity contribution in [2.45, 2.75) is 117 Å². The second kappa shape index (κ2) is 21.1. The second-order valence-corrected chi connectivity index (χ2v) is 13.4. The SMILES string of the molecule is CC(=O)OC[C@H]1O[C@H](Oc2cccc(-c3cccc(O[C@H]4O[C@H](COC(C)=O)[C@@H](OC(C)=O)[C@H](OC(C)=O)[C@H]4OC(C)=O)c3)c2)[C@H](OC(C)=O)[C@@H](OC(C)=O)[C@@H]1OC(C)=O. The Bertz CT molecular complexity index is 1770. The van der Waals surface area contributed by atoms with Crippen molar-refractivity contribution in [3.8, 4) is 22.6 Å². The summed E-state index contributed by atoms with van der Waals surface area (Å²) in [6, 6.07) is 13.0. The summed E-state index contributed by atoms with van der Waals surface area (Å²) in [6.45, 7) is 8.00. The van der Waals surface area contributed by atoms with Gasteiger partial charge in [0.15, 0.2) is 24.4 Å². The van der Waals surface area contributed by atoms with Gasteiger partial charge in [-0.1, -0.05) is 24.3 Å². The van der Waals surface area contributed by atoms with Crippen LogP contribution >= 0.6 is 0 Å². The highest BCUT2D eigenvalue weighted by Gasteiger charge is 2.55. The van der Waals surface area contributed by atoms with Gasteiger partial charge < -0.3 is 56.8 Å². The highest BCUT2D eigenvalue weighted by molar-refractivity contribution is 5.70. The standard InChI is InChI=1S/C40H46O20/c1-19(41)49-17-31-33(51-21(3)43)35(53-23(5)45)37(55-25(7)47)39(59-31)57-29-13-9-11-27(15-29)28-12-10-14-30(16-28)58-40-38(56-26(8)48)36(54-24(6)46)34(52-22(4)44)32(60-40)18-50-20(2)42/h9-16,31-40H,17-18H2,1-8H3/t31-,32-,33-,34-,35+,36+,37-,38-,39+,40+/m1/s1. The lowest BCUT2D eigenvalue weighted by Crippen LogP contribution is -2.63. The van der Waals surface area contributed by atoms with Crippen LogP contribution in [0.2, 0.25) is 0 Å². The number of hydrogen-bond acceptors (Lipinski definition) is 20. The predicted octanol–water partition coefficient (Wildman–Crippen LogP) is 2.28. The van der Waals surface area contributed by atoms with E-state index in [-0.39, 0.29) is 11.5 Å². The average molecular weight is 847 g/mol. The van der Waals surface area contributed by atoms with Gasteiger partial charge in [-0.25, -0.2) is 0 Å². The third kappa shape index (κ3) is 13.4. The van der Waals surface area contributed by atoms with Crippen LogP contribution in [0.1, 0.15) is 55.4 Å². The van der Waals surface area contributed by atoms with E-state index < -0.39 is 122 Å². The highest BCUT2D eigenvalue weighted by Crippen LogP contribution is 2.35. The van der Waals surface area contributed by atoms with Crippen LogP contribution in [0.25, 0.3) is 11.1 Å². The van der Waals surface area contributed by atoms with Crippen LogP contribution in [0.3, 0.4) is 0 Å². The van der Waals surface area contributed by atoms with E-state index in [1.54, 1.807) is 48.5 Å². The number of hydrogen-bond donors (Lipinski definition) is 0. The quantitative estimate of drug-likeness (QED) is 0.184. The molecular formula is C40H46O20. The van der Waals surface area contributed by atoms with Crippen molar-refractivity contribution in [2.24, 2.45) is 0 Å². The molecule has 2 fully saturated rings. The Morgan fingerprint density at radius 3 is 1.02 bits per heavy atom. The molecule has 0 aliphatic carbocycles. The zero-order valence-electron chi connectivity index (χ0n) is 34.0. The molecule has 2 aliphatic rings. The number of carbonyl (C=O) groups excluding carboxylic acids is 8. The van der Waals surface area contributed by atoms with Crippen LogP contribution in [0, 0.1) is 0 Å². The van der Waals surface area contributed by atoms with Gasteiger partial charge in [0.2, 0.25) is 24.8 Å². The minimum atomic E-state index is -1.50. The Morgan fingerprint density at radius 2 is 0.717 bits per heavy atom. The third-order valence-corrected chi connectivity index (χ3v) is 8.40. The molecule has 0 saturated carbocycles. The summed E-state index contributed by atoms with van der Waals surface area (Å²) in [5.74, 6) is -5.88. The van der Waals surface area contributed by atoms with Crippen molar-refractivity contribution in [2.75, 3.05) is 13.2 Å². The van der Waals surface area contributed by atoms with Crippen LogP contribution < -0.4 is 9.47 Å². The molecule has 0 aromatic heterocycles. The molecule has 0 unspecified atom stereocenters. The molecule has 0 amide bonds. The van der Waals surface area contributed by atoms with Gasteiger partial charge in [-0.05, 0) is 35.4 Å². The van der Waals surface area contributed by atoms with Crippen molar-refractivity contribution in [3.63, 3.8) is 0 Å². The first-order valence-corrected chi connectivity index (χ1v) is 18.5. The van der Waals surface area contributed by atoms with Crippen LogP contribution in [-0.2, 0) is 85.7 Å². The van der Waals surface area contributed by atoms with Crippen molar-refractivity contribution >= 4 is 47.8 Å². The van der Waals surface area contributed by atoms with E-state index in [1.807, 2.05) is 0 Å². The maximum absolute atomic E-state index is 12.3. The Balaban J connectivity index is 1.68. The van der Waals surface area contributed by atoms with Gasteiger partial charge in [-0.15, -0.1) is 0 Å². The van der Waals surface area contributed by atoms with Crippen molar-refractivity contribution < 1.29 is 95.2 Å². The fourth-order valence-corrected chi connectivity index (χ4v) is 6.33. The number of benzene rings is 2. The molecule has 2 aromatic carbocycles. The first-order chi connectivity index (χ1) is 28.3. The largest absolute Gasteiger partial charge is 0.463 e. The van der Waals surface area contributed by atoms with Gasteiger partial charge in [0.1, 0.15) is 36.9 Å². The summed E-state index contributed by atoms with van der Waals surface area (Å²) in [6.07, 6.45) is -14.1. The van der Waals surface area contributed by atoms with Crippen molar-refractivity contribution in [1.29, 1.82) is 0 Å². The lowest BCUT2D eigenvalue weighted by molar-refractivity contribution is -0.288. The lowest BCUT2D eigenvalue weighted by Gasteiger charge is -2.44. The van der Waals surface area contributed by atoms with E-state index in [9.17, 15) is 38.4 Å². The minimum absolute atomic E-state index is 0.152. The Morgan fingerprint density at radius 1 is 0.417 bits per heavy atom. The lowest BCUT2D eigenvalue weighted by atomic mass is 9.98. The van der Waals surface area contributed by atoms with Gasteiger partial charge in [0, 0.05) is 55.4 Å². The Kier molecular flexibility index (Phi) is 16.3. The van der Waals surface area contributed by atoms with E-state index in [2.05, 4.69) is 0 Å². The smallest absolute Gasteiger partial charge is 0.303 e. The molecular weight excluding hydrogens is 800 g/mol. The van der Waals surface area contributed by atoms with Gasteiger partial charge in [-0.3, -0.25) is 38.4 Å². The second-order valence-electron chi connectivity index (χ2n) is 13.4. The molecule has 2 heterocycles. The summed E-state index contributed by atoms with van der Waals surface area (Å²) >= 11 is 0. The third-order valence-electron chi connectivity index (χ3n) is 8.40. The summed E-state index contributed by atoms with van der Waals surface area (Å²) in [7, 11) is 0. The van der Waals surface area contributed by atoms with Gasteiger partial charge in [0.25, 0.3) is 0 Å². The zero-order chi connectivity index (χ0) is 44.3. The first-order valence-electron chi connectivity index (χ1n) is 18.5. The molecule has 0 radical (unpaired) electrons. The molecule has 2 aliphatic heterocycles. The number of esters is 8.